The number of hydrogen-bond donors (Lipinski definition) is 25. The van der Waals surface area contributed by atoms with Crippen molar-refractivity contribution in [2.75, 3.05) is 46.2 Å². The molecule has 0 radical (unpaired) electrons. The molecule has 0 bridgehead atoms. The lowest BCUT2D eigenvalue weighted by Crippen LogP contribution is -2.72. The fraction of sp³-hybridized carbons (Fsp3) is 0.921. The summed E-state index contributed by atoms with van der Waals surface area (Å²) in [6, 6.07) is -6.76. The highest BCUT2D eigenvalue weighted by molar-refractivity contribution is 5.77. The molecule has 774 valence electrons. The first-order valence-electron chi connectivity index (χ1n) is 48.0. The number of carboxylic acids is 1. The lowest BCUT2D eigenvalue weighted by molar-refractivity contribution is -0.400. The molecule has 38 atom stereocenters. The molecular weight excluding hydrogens is 1760 g/mol. The second-order valence-electron chi connectivity index (χ2n) is 36.4. The zero-order valence-electron chi connectivity index (χ0n) is 77.5. The molecule has 44 nitrogen and oxygen atoms in total. The van der Waals surface area contributed by atoms with Gasteiger partial charge in [-0.1, -0.05) is 193 Å². The molecule has 7 saturated heterocycles. The Labute approximate surface area is 776 Å². The number of allylic oxidation sites excluding steroid dienone is 1. The van der Waals surface area contributed by atoms with Gasteiger partial charge in [0.1, 0.15) is 159 Å². The van der Waals surface area contributed by atoms with Crippen molar-refractivity contribution in [3.63, 3.8) is 0 Å². The van der Waals surface area contributed by atoms with Crippen LogP contribution in [0.25, 0.3) is 0 Å². The molecule has 44 heteroatoms. The average molecular weight is 1920 g/mol. The van der Waals surface area contributed by atoms with E-state index in [0.717, 1.165) is 85.0 Å². The molecule has 25 N–H and O–H groups in total. The van der Waals surface area contributed by atoms with Gasteiger partial charge >= 0.3 is 5.97 Å². The highest BCUT2D eigenvalue weighted by atomic mass is 16.8. The zero-order valence-corrected chi connectivity index (χ0v) is 77.5. The summed E-state index contributed by atoms with van der Waals surface area (Å²) >= 11 is 0. The Morgan fingerprint density at radius 1 is 0.414 bits per heavy atom. The smallest absolute Gasteiger partial charge is 0.364 e. The number of aliphatic hydroxyl groups is 20. The topological polar surface area (TPSA) is 688 Å². The summed E-state index contributed by atoms with van der Waals surface area (Å²) in [5, 5.41) is 249. The molecule has 0 aromatic heterocycles. The van der Waals surface area contributed by atoms with Gasteiger partial charge < -0.3 is 195 Å². The maximum absolute atomic E-state index is 13.9. The fourth-order valence-corrected chi connectivity index (χ4v) is 17.9. The highest BCUT2D eigenvalue weighted by Gasteiger charge is 2.63. The Balaban J connectivity index is 1.17. The third-order valence-corrected chi connectivity index (χ3v) is 25.7. The summed E-state index contributed by atoms with van der Waals surface area (Å²) in [4.78, 5) is 66.3. The Morgan fingerprint density at radius 3 is 1.37 bits per heavy atom. The lowest BCUT2D eigenvalue weighted by atomic mass is 9.88. The van der Waals surface area contributed by atoms with Gasteiger partial charge in [-0.25, -0.2) is 4.79 Å². The molecule has 7 heterocycles. The van der Waals surface area contributed by atoms with Crippen molar-refractivity contribution in [3.8, 4) is 0 Å². The summed E-state index contributed by atoms with van der Waals surface area (Å²) in [5.74, 6) is -8.66. The van der Waals surface area contributed by atoms with Gasteiger partial charge in [-0.05, 0) is 26.2 Å². The normalized spacial score (nSPS) is 37.1. The maximum Gasteiger partial charge on any atom is 0.364 e. The van der Waals surface area contributed by atoms with E-state index in [9.17, 15) is 131 Å². The average Bonchev–Trinajstić information content (AvgIpc) is 0.732. The molecule has 0 saturated carbocycles. The lowest BCUT2D eigenvalue weighted by Gasteiger charge is -2.52. The summed E-state index contributed by atoms with van der Waals surface area (Å²) in [6.07, 6.45) is -34.7. The molecule has 14 unspecified atom stereocenters. The number of hydrogen-bond acceptors (Lipinski definition) is 39. The molecule has 7 aliphatic rings. The molecule has 7 fully saturated rings. The van der Waals surface area contributed by atoms with E-state index in [1.165, 1.54) is 122 Å². The Kier molecular flexibility index (Phi) is 51.7. The van der Waals surface area contributed by atoms with Crippen LogP contribution in [-0.2, 0) is 90.3 Å². The van der Waals surface area contributed by atoms with Gasteiger partial charge in [0.2, 0.25) is 23.6 Å². The van der Waals surface area contributed by atoms with Crippen molar-refractivity contribution in [1.29, 1.82) is 0 Å². The summed E-state index contributed by atoms with van der Waals surface area (Å²) in [7, 11) is 0. The molecule has 7 rings (SSSR count). The van der Waals surface area contributed by atoms with Crippen LogP contribution in [0.5, 0.6) is 0 Å². The first-order valence-corrected chi connectivity index (χ1v) is 48.0. The van der Waals surface area contributed by atoms with Crippen LogP contribution in [0.2, 0.25) is 0 Å². The van der Waals surface area contributed by atoms with Crippen LogP contribution < -0.4 is 21.3 Å². The second-order valence-corrected chi connectivity index (χ2v) is 36.4. The molecule has 0 aliphatic carbocycles. The number of rotatable bonds is 60. The Hall–Kier alpha value is -4.27. The van der Waals surface area contributed by atoms with Crippen molar-refractivity contribution in [2.24, 2.45) is 0 Å². The summed E-state index contributed by atoms with van der Waals surface area (Å²) in [5.41, 5.74) is 0. The quantitative estimate of drug-likeness (QED) is 0.0208. The molecule has 4 amide bonds. The predicted molar refractivity (Wildman–Crippen MR) is 463 cm³/mol. The minimum Gasteiger partial charge on any atom is -0.477 e. The van der Waals surface area contributed by atoms with Crippen LogP contribution in [0.3, 0.4) is 0 Å². The number of nitrogens with one attached hydrogen (secondary N) is 4. The fourth-order valence-electron chi connectivity index (χ4n) is 17.9. The zero-order chi connectivity index (χ0) is 97.8. The molecule has 133 heavy (non-hydrogen) atoms. The van der Waals surface area contributed by atoms with E-state index in [0.29, 0.717) is 12.8 Å². The van der Waals surface area contributed by atoms with Crippen LogP contribution in [0.15, 0.2) is 12.2 Å². The number of amides is 4. The largest absolute Gasteiger partial charge is 0.477 e. The van der Waals surface area contributed by atoms with Crippen molar-refractivity contribution in [2.45, 2.75) is 473 Å². The van der Waals surface area contributed by atoms with Crippen molar-refractivity contribution < 1.29 is 198 Å². The number of aliphatic hydroxyl groups excluding tert-OH is 20. The van der Waals surface area contributed by atoms with Crippen LogP contribution in [0, 0.1) is 0 Å². The summed E-state index contributed by atoms with van der Waals surface area (Å²) in [6.45, 7) is 1.23. The van der Waals surface area contributed by atoms with Gasteiger partial charge in [0, 0.05) is 33.6 Å². The van der Waals surface area contributed by atoms with Gasteiger partial charge in [0.15, 0.2) is 37.7 Å². The van der Waals surface area contributed by atoms with E-state index >= 15 is 0 Å². The molecule has 7 aliphatic heterocycles. The van der Waals surface area contributed by atoms with E-state index in [2.05, 4.69) is 35.1 Å². The Morgan fingerprint density at radius 2 is 0.842 bits per heavy atom. The van der Waals surface area contributed by atoms with Crippen LogP contribution in [-0.4, -0.2) is 416 Å². The first-order chi connectivity index (χ1) is 63.5. The monoisotopic (exact) mass is 1920 g/mol. The standard InChI is InChI=1S/C89H158N4O40/c1-7-9-11-13-15-17-19-21-22-23-24-26-28-30-32-34-36-38-60(105)93-51(52(102)37-35-33-31-29-27-25-20-18-16-14-12-10-8-2)45-120-84-73(115)71(113)76(57(43-97)126-84)128-86-74(116)80(68(110)59(127-86)46-121-82-62(91-49(5)100)69(111)66(108)55(41-95)123-82)131-83-63(92-50(6)101)79(77(58(44-98)125-83)129-85-72(114)70(112)64(106)47(3)122-85)130-87-75(117)81(67(109)56(42-96)124-87)133-89(88(118)119)39-53(103)61(90-48(4)99)78(132-89)65(107)54(104)40-94/h35,37,47,51-59,61-87,94-98,102-104,106-117H,7-34,36,38-46H2,1-6H3,(H,90,99)(H,91,100)(H,92,101)(H,93,105)(H,118,119)/b37-35+/t47?,51-,52+,53?,54+,55?,56?,57?,58?,59?,61+,62?,63?,64+,65+,66+,67-,68-,69+,70?,71+,72-,73?,74?,75?,76+,77+,78?,79+,80-,81-,82+,83-,84+,85+,86-,87-,89-/m0/s1. The van der Waals surface area contributed by atoms with Crippen molar-refractivity contribution in [3.05, 3.63) is 12.2 Å². The third-order valence-electron chi connectivity index (χ3n) is 25.7. The van der Waals surface area contributed by atoms with Crippen LogP contribution >= 0.6 is 0 Å². The van der Waals surface area contributed by atoms with E-state index in [-0.39, 0.29) is 6.42 Å². The highest BCUT2D eigenvalue weighted by Crippen LogP contribution is 2.42. The number of unbranched alkanes of at least 4 members (excludes halogenated alkanes) is 27. The van der Waals surface area contributed by atoms with Crippen LogP contribution in [0.1, 0.15) is 241 Å². The van der Waals surface area contributed by atoms with E-state index in [4.69, 9.17) is 66.3 Å². The minimum atomic E-state index is -3.36. The van der Waals surface area contributed by atoms with Gasteiger partial charge in [-0.3, -0.25) is 19.2 Å². The maximum atomic E-state index is 13.9. The van der Waals surface area contributed by atoms with E-state index in [1.807, 2.05) is 0 Å². The molecular formula is C89H158N4O40. The van der Waals surface area contributed by atoms with E-state index < -0.39 is 315 Å². The van der Waals surface area contributed by atoms with Crippen molar-refractivity contribution in [1.82, 2.24) is 21.3 Å². The minimum absolute atomic E-state index is 0.106. The van der Waals surface area contributed by atoms with E-state index in [1.54, 1.807) is 6.08 Å². The van der Waals surface area contributed by atoms with Gasteiger partial charge in [-0.15, -0.1) is 0 Å². The molecule has 0 aromatic carbocycles. The summed E-state index contributed by atoms with van der Waals surface area (Å²) < 4.78 is 85.4. The number of carbonyl (C=O) groups is 5. The van der Waals surface area contributed by atoms with Gasteiger partial charge in [0.25, 0.3) is 5.79 Å². The Bertz CT molecular complexity index is 3320. The van der Waals surface area contributed by atoms with Crippen molar-refractivity contribution >= 4 is 29.6 Å². The predicted octanol–water partition coefficient (Wildman–Crippen LogP) is -3.44. The second kappa shape index (κ2) is 59.5. The SMILES string of the molecule is CCCCCCCCCCCCC/C=C/[C@@H](O)[C@H](CO[C@@H]1OC(CO)[C@@H](O[C@@H]2OC(CO[C@@H]3OC(CO)[C@@H](O)[C@H](O)C3NC(C)=O)[C@H](O)[C@H](O[C@@H]3OC(CO)[C@@H](O[C@H]4OC(C)[C@@H](O)C(O)[C@@H]4O)[C@H](O[C@@H]4OC(CO)[C@H](O)[C@H](O[C@]5(C(=O)O)CC(O)[C@@H](NC(C)=O)C([C@H](O)[C@H](O)CO)O5)C4O)C3NC(C)=O)C2O)[C@H](O)C1O)NC(=O)CCCCCCCCCCCCCCCCCCC. The number of aliphatic carboxylic acids is 1. The molecule has 0 aromatic rings. The van der Waals surface area contributed by atoms with Gasteiger partial charge in [-0.2, -0.15) is 0 Å². The molecule has 0 spiro atoms. The first kappa shape index (κ1) is 116. The number of carbonyl (C=O) groups excluding carboxylic acids is 4. The number of carboxylic acid groups (broad SMARTS) is 1. The number of ether oxygens (including phenoxy) is 14. The third kappa shape index (κ3) is 34.3. The van der Waals surface area contributed by atoms with Gasteiger partial charge in [0.05, 0.1) is 76.6 Å². The van der Waals surface area contributed by atoms with Crippen LogP contribution in [0.4, 0.5) is 0 Å².